The topological polar surface area (TPSA) is 73.3 Å². The molecule has 92 valence electrons. The minimum atomic E-state index is -0.0332. The molecule has 17 heavy (non-hydrogen) atoms. The van der Waals surface area contributed by atoms with E-state index in [0.29, 0.717) is 23.2 Å². The number of nitrogens with zero attached hydrogens (tertiary/aromatic N) is 1. The van der Waals surface area contributed by atoms with Gasteiger partial charge in [-0.25, -0.2) is 0 Å². The van der Waals surface area contributed by atoms with Crippen molar-refractivity contribution in [1.29, 1.82) is 5.41 Å². The summed E-state index contributed by atoms with van der Waals surface area (Å²) in [4.78, 5) is 2.09. The smallest absolute Gasteiger partial charge is 0.126 e. The monoisotopic (exact) mass is 253 g/mol. The molecule has 5 heteroatoms. The van der Waals surface area contributed by atoms with Gasteiger partial charge in [-0.1, -0.05) is 17.7 Å². The Morgan fingerprint density at radius 2 is 2.24 bits per heavy atom. The van der Waals surface area contributed by atoms with Crippen LogP contribution in [0.4, 0.5) is 5.69 Å². The summed E-state index contributed by atoms with van der Waals surface area (Å²) in [7, 11) is 0. The summed E-state index contributed by atoms with van der Waals surface area (Å²) < 4.78 is 0. The van der Waals surface area contributed by atoms with Gasteiger partial charge in [0.2, 0.25) is 0 Å². The van der Waals surface area contributed by atoms with Crippen molar-refractivity contribution in [3.05, 3.63) is 28.8 Å². The van der Waals surface area contributed by atoms with Gasteiger partial charge in [-0.3, -0.25) is 5.41 Å². The first-order valence-electron chi connectivity index (χ1n) is 5.65. The Bertz CT molecular complexity index is 432. The summed E-state index contributed by atoms with van der Waals surface area (Å²) >= 11 is 6.08. The molecule has 0 radical (unpaired) electrons. The van der Waals surface area contributed by atoms with Crippen molar-refractivity contribution >= 4 is 23.1 Å². The SMILES string of the molecule is N=C(N)c1c(Cl)cccc1N(CCO)C1CC1. The van der Waals surface area contributed by atoms with Gasteiger partial charge in [0.25, 0.3) is 0 Å². The van der Waals surface area contributed by atoms with Crippen LogP contribution in [0.15, 0.2) is 18.2 Å². The molecule has 0 heterocycles. The molecule has 0 atom stereocenters. The molecule has 4 N–H and O–H groups in total. The predicted molar refractivity (Wildman–Crippen MR) is 69.9 cm³/mol. The fourth-order valence-electron chi connectivity index (χ4n) is 2.01. The normalized spacial score (nSPS) is 14.7. The summed E-state index contributed by atoms with van der Waals surface area (Å²) in [6, 6.07) is 5.91. The Balaban J connectivity index is 2.41. The van der Waals surface area contributed by atoms with Crippen molar-refractivity contribution in [2.75, 3.05) is 18.1 Å². The van der Waals surface area contributed by atoms with Crippen LogP contribution >= 0.6 is 11.6 Å². The van der Waals surface area contributed by atoms with E-state index >= 15 is 0 Å². The molecular weight excluding hydrogens is 238 g/mol. The summed E-state index contributed by atoms with van der Waals surface area (Å²) in [6.45, 7) is 0.631. The molecule has 1 aliphatic rings. The molecule has 0 aromatic heterocycles. The number of nitrogens with two attached hydrogens (primary N) is 1. The predicted octanol–water partition coefficient (Wildman–Crippen LogP) is 1.59. The first kappa shape index (κ1) is 12.2. The minimum Gasteiger partial charge on any atom is -0.395 e. The zero-order valence-corrected chi connectivity index (χ0v) is 10.2. The molecule has 2 rings (SSSR count). The third kappa shape index (κ3) is 2.53. The first-order chi connectivity index (χ1) is 8.15. The van der Waals surface area contributed by atoms with Crippen molar-refractivity contribution in [3.8, 4) is 0 Å². The Morgan fingerprint density at radius 1 is 1.53 bits per heavy atom. The molecule has 0 bridgehead atoms. The molecule has 0 unspecified atom stereocenters. The second-order valence-electron chi connectivity index (χ2n) is 4.20. The van der Waals surface area contributed by atoms with E-state index in [1.807, 2.05) is 12.1 Å². The number of rotatable bonds is 5. The summed E-state index contributed by atoms with van der Waals surface area (Å²) in [6.07, 6.45) is 2.23. The van der Waals surface area contributed by atoms with Gasteiger partial charge < -0.3 is 15.7 Å². The van der Waals surface area contributed by atoms with Gasteiger partial charge in [0.15, 0.2) is 0 Å². The number of halogens is 1. The number of benzene rings is 1. The van der Waals surface area contributed by atoms with Gasteiger partial charge in [0.1, 0.15) is 5.84 Å². The molecule has 0 spiro atoms. The van der Waals surface area contributed by atoms with E-state index in [2.05, 4.69) is 4.90 Å². The number of nitrogen functional groups attached to an aromatic ring is 1. The van der Waals surface area contributed by atoms with E-state index in [4.69, 9.17) is 27.9 Å². The van der Waals surface area contributed by atoms with Gasteiger partial charge in [0, 0.05) is 18.3 Å². The van der Waals surface area contributed by atoms with Gasteiger partial charge in [-0.05, 0) is 25.0 Å². The van der Waals surface area contributed by atoms with Crippen LogP contribution in [-0.2, 0) is 0 Å². The van der Waals surface area contributed by atoms with Gasteiger partial charge in [-0.15, -0.1) is 0 Å². The lowest BCUT2D eigenvalue weighted by molar-refractivity contribution is 0.301. The van der Waals surface area contributed by atoms with Crippen LogP contribution < -0.4 is 10.6 Å². The van der Waals surface area contributed by atoms with Crippen molar-refractivity contribution in [1.82, 2.24) is 0 Å². The molecule has 1 aromatic rings. The molecule has 1 aliphatic carbocycles. The van der Waals surface area contributed by atoms with Crippen molar-refractivity contribution < 1.29 is 5.11 Å². The molecule has 1 saturated carbocycles. The van der Waals surface area contributed by atoms with Crippen molar-refractivity contribution in [2.24, 2.45) is 5.73 Å². The van der Waals surface area contributed by atoms with Crippen LogP contribution in [0, 0.1) is 5.41 Å². The summed E-state index contributed by atoms with van der Waals surface area (Å²) in [5.74, 6) is -0.0332. The highest BCUT2D eigenvalue weighted by Crippen LogP contribution is 2.35. The van der Waals surface area contributed by atoms with E-state index in [0.717, 1.165) is 18.5 Å². The number of hydrogen-bond acceptors (Lipinski definition) is 3. The molecule has 0 saturated heterocycles. The van der Waals surface area contributed by atoms with Gasteiger partial charge in [0.05, 0.1) is 17.2 Å². The van der Waals surface area contributed by atoms with E-state index < -0.39 is 0 Å². The van der Waals surface area contributed by atoms with E-state index in [9.17, 15) is 0 Å². The van der Waals surface area contributed by atoms with Crippen molar-refractivity contribution in [2.45, 2.75) is 18.9 Å². The van der Waals surface area contributed by atoms with Crippen LogP contribution in [0.3, 0.4) is 0 Å². The van der Waals surface area contributed by atoms with Gasteiger partial charge in [-0.2, -0.15) is 0 Å². The Hall–Kier alpha value is -1.26. The lowest BCUT2D eigenvalue weighted by Crippen LogP contribution is -2.31. The van der Waals surface area contributed by atoms with E-state index in [1.54, 1.807) is 6.07 Å². The average molecular weight is 254 g/mol. The highest BCUT2D eigenvalue weighted by molar-refractivity contribution is 6.34. The largest absolute Gasteiger partial charge is 0.395 e. The van der Waals surface area contributed by atoms with E-state index in [1.165, 1.54) is 0 Å². The van der Waals surface area contributed by atoms with Crippen molar-refractivity contribution in [3.63, 3.8) is 0 Å². The Labute approximate surface area is 105 Å². The highest BCUT2D eigenvalue weighted by atomic mass is 35.5. The van der Waals surface area contributed by atoms with Crippen LogP contribution in [0.1, 0.15) is 18.4 Å². The van der Waals surface area contributed by atoms with Gasteiger partial charge >= 0.3 is 0 Å². The fourth-order valence-corrected chi connectivity index (χ4v) is 2.28. The average Bonchev–Trinajstić information content (AvgIpc) is 3.08. The summed E-state index contributed by atoms with van der Waals surface area (Å²) in [5.41, 5.74) is 6.99. The zero-order valence-electron chi connectivity index (χ0n) is 9.49. The number of aliphatic hydroxyl groups is 1. The molecule has 0 aliphatic heterocycles. The Morgan fingerprint density at radius 3 is 2.76 bits per heavy atom. The third-order valence-corrected chi connectivity index (χ3v) is 3.21. The van der Waals surface area contributed by atoms with Crippen LogP contribution in [0.25, 0.3) is 0 Å². The standard InChI is InChI=1S/C12H16ClN3O/c13-9-2-1-3-10(11(9)12(14)15)16(6-7-17)8-4-5-8/h1-3,8,17H,4-7H2,(H3,14,15). The van der Waals surface area contributed by atoms with E-state index in [-0.39, 0.29) is 12.4 Å². The molecule has 1 fully saturated rings. The maximum absolute atomic E-state index is 9.11. The quantitative estimate of drug-likeness (QED) is 0.551. The number of amidine groups is 1. The number of aliphatic hydroxyl groups excluding tert-OH is 1. The molecule has 1 aromatic carbocycles. The lowest BCUT2D eigenvalue weighted by atomic mass is 10.1. The number of anilines is 1. The molecule has 4 nitrogen and oxygen atoms in total. The second kappa shape index (κ2) is 4.94. The van der Waals surface area contributed by atoms with Crippen LogP contribution in [0.2, 0.25) is 5.02 Å². The minimum absolute atomic E-state index is 0.0332. The maximum atomic E-state index is 9.11. The lowest BCUT2D eigenvalue weighted by Gasteiger charge is -2.26. The zero-order chi connectivity index (χ0) is 12.4. The summed E-state index contributed by atoms with van der Waals surface area (Å²) in [5, 5.41) is 17.2. The second-order valence-corrected chi connectivity index (χ2v) is 4.60. The van der Waals surface area contributed by atoms with Crippen LogP contribution in [0.5, 0.6) is 0 Å². The third-order valence-electron chi connectivity index (χ3n) is 2.90. The first-order valence-corrected chi connectivity index (χ1v) is 6.03. The molecular formula is C12H16ClN3O. The number of nitrogens with one attached hydrogen (secondary N) is 1. The highest BCUT2D eigenvalue weighted by Gasteiger charge is 2.30. The van der Waals surface area contributed by atoms with Crippen LogP contribution in [-0.4, -0.2) is 30.1 Å². The Kier molecular flexibility index (Phi) is 3.54. The fraction of sp³-hybridized carbons (Fsp3) is 0.417. The maximum Gasteiger partial charge on any atom is 0.126 e. The molecule has 0 amide bonds. The number of hydrogen-bond donors (Lipinski definition) is 3.